The molecular formula is C19H23N3O4. The van der Waals surface area contributed by atoms with Crippen LogP contribution in [0.15, 0.2) is 35.1 Å². The molecular weight excluding hydrogens is 334 g/mol. The van der Waals surface area contributed by atoms with Crippen LogP contribution in [0.1, 0.15) is 26.5 Å². The van der Waals surface area contributed by atoms with E-state index >= 15 is 0 Å². The number of anilines is 1. The summed E-state index contributed by atoms with van der Waals surface area (Å²) in [4.78, 5) is 32.5. The minimum Gasteiger partial charge on any atom is -0.472 e. The van der Waals surface area contributed by atoms with Crippen molar-refractivity contribution in [3.8, 4) is 11.1 Å². The van der Waals surface area contributed by atoms with Crippen LogP contribution in [0.3, 0.4) is 0 Å². The number of hydrogen-bond acceptors (Lipinski definition) is 5. The number of carbonyl (C=O) groups excluding carboxylic acids is 2. The maximum absolute atomic E-state index is 12.7. The molecule has 2 aromatic rings. The summed E-state index contributed by atoms with van der Waals surface area (Å²) in [6.07, 6.45) is 2.73. The summed E-state index contributed by atoms with van der Waals surface area (Å²) in [7, 11) is 0. The Morgan fingerprint density at radius 3 is 2.62 bits per heavy atom. The van der Waals surface area contributed by atoms with Crippen LogP contribution in [-0.2, 0) is 9.53 Å². The van der Waals surface area contributed by atoms with Crippen LogP contribution in [0.5, 0.6) is 0 Å². The van der Waals surface area contributed by atoms with Gasteiger partial charge >= 0.3 is 6.09 Å². The number of aryl methyl sites for hydroxylation is 1. The minimum atomic E-state index is -0.593. The number of pyridine rings is 1. The smallest absolute Gasteiger partial charge is 0.410 e. The van der Waals surface area contributed by atoms with Crippen LogP contribution in [-0.4, -0.2) is 47.1 Å². The molecule has 3 rings (SSSR count). The van der Waals surface area contributed by atoms with Crippen molar-refractivity contribution in [2.75, 3.05) is 24.5 Å². The van der Waals surface area contributed by atoms with Gasteiger partial charge in [0.2, 0.25) is 5.91 Å². The molecule has 1 saturated heterocycles. The van der Waals surface area contributed by atoms with Crippen LogP contribution < -0.4 is 4.90 Å². The zero-order chi connectivity index (χ0) is 18.9. The van der Waals surface area contributed by atoms with Crippen LogP contribution in [0.4, 0.5) is 10.6 Å². The second kappa shape index (κ2) is 6.82. The first-order valence-electron chi connectivity index (χ1n) is 8.53. The first-order valence-corrected chi connectivity index (χ1v) is 8.53. The lowest BCUT2D eigenvalue weighted by Crippen LogP contribution is -2.53. The molecule has 26 heavy (non-hydrogen) atoms. The zero-order valence-corrected chi connectivity index (χ0v) is 15.5. The molecule has 0 aromatic carbocycles. The molecule has 0 radical (unpaired) electrons. The van der Waals surface area contributed by atoms with E-state index in [4.69, 9.17) is 9.15 Å². The molecule has 0 spiro atoms. The van der Waals surface area contributed by atoms with E-state index < -0.39 is 11.7 Å². The Kier molecular flexibility index (Phi) is 4.71. The molecule has 2 aromatic heterocycles. The highest BCUT2D eigenvalue weighted by molar-refractivity contribution is 5.99. The second-order valence-electron chi connectivity index (χ2n) is 7.28. The predicted molar refractivity (Wildman–Crippen MR) is 96.8 cm³/mol. The van der Waals surface area contributed by atoms with Gasteiger partial charge in [-0.3, -0.25) is 14.6 Å². The summed E-state index contributed by atoms with van der Waals surface area (Å²) in [6, 6.07) is 5.65. The maximum atomic E-state index is 12.7. The number of ether oxygens (including phenoxy) is 1. The fraction of sp³-hybridized carbons (Fsp3) is 0.421. The van der Waals surface area contributed by atoms with Gasteiger partial charge in [-0.1, -0.05) is 0 Å². The Balaban J connectivity index is 1.82. The van der Waals surface area contributed by atoms with E-state index in [1.54, 1.807) is 38.2 Å². The second-order valence-corrected chi connectivity index (χ2v) is 7.28. The van der Waals surface area contributed by atoms with Crippen molar-refractivity contribution in [3.05, 3.63) is 36.4 Å². The molecule has 7 heteroatoms. The fourth-order valence-corrected chi connectivity index (χ4v) is 2.77. The van der Waals surface area contributed by atoms with Crippen molar-refractivity contribution in [1.82, 2.24) is 9.88 Å². The molecule has 1 fully saturated rings. The predicted octanol–water partition coefficient (Wildman–Crippen LogP) is 3.23. The fourth-order valence-electron chi connectivity index (χ4n) is 2.77. The standard InChI is InChI=1S/C19H23N3O4/c1-13-5-6-15(14-7-10-25-12-14)17(20-13)22-9-8-21(11-16(22)23)18(24)26-19(2,3)4/h5-7,10,12H,8-9,11H2,1-4H3. The van der Waals surface area contributed by atoms with Gasteiger partial charge in [0.05, 0.1) is 12.5 Å². The summed E-state index contributed by atoms with van der Waals surface area (Å²) in [6.45, 7) is 8.00. The number of hydrogen-bond donors (Lipinski definition) is 0. The number of carbonyl (C=O) groups is 2. The Morgan fingerprint density at radius 2 is 2.00 bits per heavy atom. The van der Waals surface area contributed by atoms with E-state index in [0.717, 1.165) is 16.8 Å². The number of aromatic nitrogens is 1. The third-order valence-corrected chi connectivity index (χ3v) is 3.97. The highest BCUT2D eigenvalue weighted by Gasteiger charge is 2.32. The van der Waals surface area contributed by atoms with Crippen molar-refractivity contribution >= 4 is 17.8 Å². The number of piperazine rings is 1. The van der Waals surface area contributed by atoms with Crippen LogP contribution >= 0.6 is 0 Å². The van der Waals surface area contributed by atoms with Gasteiger partial charge in [0.1, 0.15) is 18.0 Å². The Labute approximate surface area is 152 Å². The summed E-state index contributed by atoms with van der Waals surface area (Å²) >= 11 is 0. The lowest BCUT2D eigenvalue weighted by molar-refractivity contribution is -0.121. The monoisotopic (exact) mass is 357 g/mol. The zero-order valence-electron chi connectivity index (χ0n) is 15.5. The molecule has 0 bridgehead atoms. The minimum absolute atomic E-state index is 0.0324. The van der Waals surface area contributed by atoms with Crippen LogP contribution in [0, 0.1) is 6.92 Å². The van der Waals surface area contributed by atoms with Gasteiger partial charge in [0, 0.05) is 29.9 Å². The molecule has 1 aliphatic rings. The highest BCUT2D eigenvalue weighted by Crippen LogP contribution is 2.31. The molecule has 1 aliphatic heterocycles. The van der Waals surface area contributed by atoms with E-state index in [9.17, 15) is 9.59 Å². The van der Waals surface area contributed by atoms with E-state index in [-0.39, 0.29) is 12.5 Å². The van der Waals surface area contributed by atoms with E-state index in [0.29, 0.717) is 18.9 Å². The lowest BCUT2D eigenvalue weighted by atomic mass is 10.1. The van der Waals surface area contributed by atoms with Crippen molar-refractivity contribution in [1.29, 1.82) is 0 Å². The highest BCUT2D eigenvalue weighted by atomic mass is 16.6. The molecule has 7 nitrogen and oxygen atoms in total. The Hall–Kier alpha value is -2.83. The first kappa shape index (κ1) is 18.0. The molecule has 0 N–H and O–H groups in total. The topological polar surface area (TPSA) is 75.9 Å². The summed E-state index contributed by atoms with van der Waals surface area (Å²) in [5.41, 5.74) is 1.90. The summed E-state index contributed by atoms with van der Waals surface area (Å²) in [5, 5.41) is 0. The van der Waals surface area contributed by atoms with Gasteiger partial charge in [-0.15, -0.1) is 0 Å². The number of rotatable bonds is 2. The quantitative estimate of drug-likeness (QED) is 0.825. The normalized spacial score (nSPS) is 15.3. The van der Waals surface area contributed by atoms with E-state index in [1.807, 2.05) is 25.1 Å². The van der Waals surface area contributed by atoms with Crippen molar-refractivity contribution in [2.24, 2.45) is 0 Å². The summed E-state index contributed by atoms with van der Waals surface area (Å²) in [5.74, 6) is 0.394. The van der Waals surface area contributed by atoms with E-state index in [1.165, 1.54) is 4.90 Å². The number of furan rings is 1. The molecule has 2 amide bonds. The summed E-state index contributed by atoms with van der Waals surface area (Å²) < 4.78 is 10.5. The van der Waals surface area contributed by atoms with Crippen molar-refractivity contribution < 1.29 is 18.7 Å². The molecule has 0 unspecified atom stereocenters. The molecule has 138 valence electrons. The molecule has 0 aliphatic carbocycles. The SMILES string of the molecule is Cc1ccc(-c2ccoc2)c(N2CCN(C(=O)OC(C)(C)C)CC2=O)n1. The Bertz CT molecular complexity index is 809. The average molecular weight is 357 g/mol. The Morgan fingerprint density at radius 1 is 1.23 bits per heavy atom. The largest absolute Gasteiger partial charge is 0.472 e. The maximum Gasteiger partial charge on any atom is 0.410 e. The van der Waals surface area contributed by atoms with Gasteiger partial charge in [-0.05, 0) is 45.9 Å². The first-order chi connectivity index (χ1) is 12.2. The van der Waals surface area contributed by atoms with Gasteiger partial charge in [0.15, 0.2) is 0 Å². The molecule has 0 saturated carbocycles. The van der Waals surface area contributed by atoms with Crippen LogP contribution in [0.25, 0.3) is 11.1 Å². The molecule has 3 heterocycles. The number of nitrogens with zero attached hydrogens (tertiary/aromatic N) is 3. The average Bonchev–Trinajstić information content (AvgIpc) is 3.07. The van der Waals surface area contributed by atoms with Gasteiger partial charge < -0.3 is 9.15 Å². The van der Waals surface area contributed by atoms with Gasteiger partial charge in [-0.2, -0.15) is 0 Å². The lowest BCUT2D eigenvalue weighted by Gasteiger charge is -2.35. The van der Waals surface area contributed by atoms with Crippen LogP contribution in [0.2, 0.25) is 0 Å². The van der Waals surface area contributed by atoms with Gasteiger partial charge in [0.25, 0.3) is 0 Å². The van der Waals surface area contributed by atoms with Crippen molar-refractivity contribution in [2.45, 2.75) is 33.3 Å². The van der Waals surface area contributed by atoms with E-state index in [2.05, 4.69) is 4.98 Å². The third-order valence-electron chi connectivity index (χ3n) is 3.97. The third kappa shape index (κ3) is 3.87. The van der Waals surface area contributed by atoms with Gasteiger partial charge in [-0.25, -0.2) is 9.78 Å². The van der Waals surface area contributed by atoms with Crippen molar-refractivity contribution in [3.63, 3.8) is 0 Å². The molecule has 0 atom stereocenters. The number of amides is 2.